The second kappa shape index (κ2) is 2.54. The predicted octanol–water partition coefficient (Wildman–Crippen LogP) is 1.73. The highest BCUT2D eigenvalue weighted by atomic mass is 19.1. The number of hydrogen-bond acceptors (Lipinski definition) is 1. The van der Waals surface area contributed by atoms with E-state index in [-0.39, 0.29) is 0 Å². The Bertz CT molecular complexity index is 172. The second-order valence-corrected chi connectivity index (χ2v) is 2.70. The minimum Gasteiger partial charge on any atom is -0.274 e. The number of hydrogen-bond donors (Lipinski definition) is 0. The van der Waals surface area contributed by atoms with Gasteiger partial charge in [-0.2, -0.15) is 0 Å². The highest BCUT2D eigenvalue weighted by molar-refractivity contribution is 5.16. The molecule has 10 heavy (non-hydrogen) atoms. The van der Waals surface area contributed by atoms with Gasteiger partial charge in [-0.15, -0.1) is 0 Å². The summed E-state index contributed by atoms with van der Waals surface area (Å²) in [7, 11) is 3.48. The van der Waals surface area contributed by atoms with E-state index in [4.69, 9.17) is 0 Å². The Hall–Kier alpha value is -0.630. The van der Waals surface area contributed by atoms with Crippen LogP contribution in [0.5, 0.6) is 0 Å². The molecule has 0 aromatic heterocycles. The molecular weight excluding hydrogens is 129 g/mol. The number of nitrogens with zero attached hydrogens (tertiary/aromatic N) is 1. The van der Waals surface area contributed by atoms with Gasteiger partial charge in [-0.05, 0) is 20.2 Å². The van der Waals surface area contributed by atoms with Gasteiger partial charge in [0.1, 0.15) is 0 Å². The van der Waals surface area contributed by atoms with Crippen LogP contribution in [0.4, 0.5) is 4.39 Å². The highest BCUT2D eigenvalue weighted by Crippen LogP contribution is 2.23. The molecule has 0 N–H and O–H groups in total. The molecule has 0 bridgehead atoms. The van der Waals surface area contributed by atoms with Crippen LogP contribution in [-0.4, -0.2) is 24.8 Å². The molecule has 0 spiro atoms. The molecule has 1 aliphatic rings. The third-order valence-electron chi connectivity index (χ3n) is 1.75. The van der Waals surface area contributed by atoms with E-state index in [2.05, 4.69) is 0 Å². The Morgan fingerprint density at radius 3 is 2.40 bits per heavy atom. The van der Waals surface area contributed by atoms with Crippen molar-refractivity contribution in [3.05, 3.63) is 24.3 Å². The molecular formula is C8H12FN. The zero-order chi connectivity index (χ0) is 7.61. The van der Waals surface area contributed by atoms with E-state index in [1.54, 1.807) is 31.1 Å². The number of likely N-dealkylation sites (N-methyl/N-ethyl adjacent to an activating group) is 1. The molecule has 1 rings (SSSR count). The summed E-state index contributed by atoms with van der Waals surface area (Å²) in [5.41, 5.74) is 0. The fourth-order valence-electron chi connectivity index (χ4n) is 0.915. The zero-order valence-corrected chi connectivity index (χ0v) is 6.34. The maximum Gasteiger partial charge on any atom is 0.186 e. The van der Waals surface area contributed by atoms with Crippen LogP contribution in [-0.2, 0) is 0 Å². The summed E-state index contributed by atoms with van der Waals surface area (Å²) in [6, 6.07) is 0. The molecule has 0 aromatic carbocycles. The lowest BCUT2D eigenvalue weighted by atomic mass is 10.1. The van der Waals surface area contributed by atoms with Crippen LogP contribution in [0, 0.1) is 0 Å². The molecule has 0 aliphatic heterocycles. The van der Waals surface area contributed by atoms with Gasteiger partial charge in [-0.25, -0.2) is 4.39 Å². The van der Waals surface area contributed by atoms with E-state index < -0.39 is 5.79 Å². The first-order valence-electron chi connectivity index (χ1n) is 3.36. The molecule has 0 fully saturated rings. The minimum absolute atomic E-state index is 0.455. The molecule has 1 nitrogen and oxygen atoms in total. The highest BCUT2D eigenvalue weighted by Gasteiger charge is 2.28. The summed E-state index contributed by atoms with van der Waals surface area (Å²) in [6.07, 6.45) is 7.47. The van der Waals surface area contributed by atoms with Crippen molar-refractivity contribution in [1.29, 1.82) is 0 Å². The monoisotopic (exact) mass is 141 g/mol. The lowest BCUT2D eigenvalue weighted by Gasteiger charge is -2.29. The average molecular weight is 141 g/mol. The van der Waals surface area contributed by atoms with Crippen molar-refractivity contribution in [2.24, 2.45) is 0 Å². The van der Waals surface area contributed by atoms with Gasteiger partial charge in [0, 0.05) is 6.42 Å². The first kappa shape index (κ1) is 7.48. The smallest absolute Gasteiger partial charge is 0.186 e. The molecule has 2 heteroatoms. The van der Waals surface area contributed by atoms with Crippen molar-refractivity contribution >= 4 is 0 Å². The number of allylic oxidation sites excluding steroid dienone is 2. The summed E-state index contributed by atoms with van der Waals surface area (Å²) < 4.78 is 13.5. The fraction of sp³-hybridized carbons (Fsp3) is 0.500. The third kappa shape index (κ3) is 1.27. The lowest BCUT2D eigenvalue weighted by Crippen LogP contribution is -2.37. The summed E-state index contributed by atoms with van der Waals surface area (Å²) in [5, 5.41) is 0. The predicted molar refractivity (Wildman–Crippen MR) is 40.4 cm³/mol. The van der Waals surface area contributed by atoms with Gasteiger partial charge in [0.2, 0.25) is 0 Å². The number of rotatable bonds is 1. The van der Waals surface area contributed by atoms with Gasteiger partial charge in [0.25, 0.3) is 0 Å². The first-order valence-corrected chi connectivity index (χ1v) is 3.36. The van der Waals surface area contributed by atoms with Crippen LogP contribution in [0.15, 0.2) is 24.3 Å². The maximum absolute atomic E-state index is 13.5. The maximum atomic E-state index is 13.5. The van der Waals surface area contributed by atoms with Gasteiger partial charge in [0.05, 0.1) is 0 Å². The molecule has 0 amide bonds. The van der Waals surface area contributed by atoms with Gasteiger partial charge >= 0.3 is 0 Å². The summed E-state index contributed by atoms with van der Waals surface area (Å²) >= 11 is 0. The molecule has 0 saturated heterocycles. The van der Waals surface area contributed by atoms with Crippen LogP contribution in [0.1, 0.15) is 6.42 Å². The summed E-state index contributed by atoms with van der Waals surface area (Å²) in [6.45, 7) is 0. The van der Waals surface area contributed by atoms with E-state index in [1.165, 1.54) is 0 Å². The SMILES string of the molecule is CN(C)C1(F)C=CC=CC1. The minimum atomic E-state index is -1.26. The second-order valence-electron chi connectivity index (χ2n) is 2.70. The molecule has 0 heterocycles. The van der Waals surface area contributed by atoms with Crippen LogP contribution < -0.4 is 0 Å². The van der Waals surface area contributed by atoms with Crippen molar-refractivity contribution < 1.29 is 4.39 Å². The van der Waals surface area contributed by atoms with Crippen LogP contribution in [0.3, 0.4) is 0 Å². The van der Waals surface area contributed by atoms with E-state index in [0.29, 0.717) is 6.42 Å². The van der Waals surface area contributed by atoms with Crippen molar-refractivity contribution in [2.45, 2.75) is 12.2 Å². The Morgan fingerprint density at radius 1 is 1.40 bits per heavy atom. The Balaban J connectivity index is 2.70. The van der Waals surface area contributed by atoms with E-state index >= 15 is 0 Å². The standard InChI is InChI=1S/C8H12FN/c1-10(2)8(9)6-4-3-5-7-8/h3-6H,7H2,1-2H3. The van der Waals surface area contributed by atoms with Crippen molar-refractivity contribution in [1.82, 2.24) is 4.90 Å². The van der Waals surface area contributed by atoms with Crippen molar-refractivity contribution in [3.63, 3.8) is 0 Å². The summed E-state index contributed by atoms with van der Waals surface area (Å²) in [5.74, 6) is -1.26. The molecule has 56 valence electrons. The van der Waals surface area contributed by atoms with Gasteiger partial charge in [-0.1, -0.05) is 18.2 Å². The lowest BCUT2D eigenvalue weighted by molar-refractivity contribution is 0.0545. The molecule has 1 unspecified atom stereocenters. The Labute approximate surface area is 60.8 Å². The third-order valence-corrected chi connectivity index (χ3v) is 1.75. The largest absolute Gasteiger partial charge is 0.274 e. The summed E-state index contributed by atoms with van der Waals surface area (Å²) in [4.78, 5) is 1.58. The number of alkyl halides is 1. The van der Waals surface area contributed by atoms with E-state index in [0.717, 1.165) is 0 Å². The van der Waals surface area contributed by atoms with Crippen molar-refractivity contribution in [3.8, 4) is 0 Å². The quantitative estimate of drug-likeness (QED) is 0.503. The fourth-order valence-corrected chi connectivity index (χ4v) is 0.915. The van der Waals surface area contributed by atoms with E-state index in [9.17, 15) is 4.39 Å². The first-order chi connectivity index (χ1) is 4.65. The van der Waals surface area contributed by atoms with Crippen LogP contribution in [0.25, 0.3) is 0 Å². The molecule has 0 radical (unpaired) electrons. The molecule has 0 saturated carbocycles. The van der Waals surface area contributed by atoms with Crippen LogP contribution >= 0.6 is 0 Å². The topological polar surface area (TPSA) is 3.24 Å². The number of halogens is 1. The molecule has 1 aliphatic carbocycles. The van der Waals surface area contributed by atoms with E-state index in [1.807, 2.05) is 12.2 Å². The van der Waals surface area contributed by atoms with Gasteiger partial charge in [0.15, 0.2) is 5.79 Å². The Morgan fingerprint density at radius 2 is 2.10 bits per heavy atom. The zero-order valence-electron chi connectivity index (χ0n) is 6.34. The van der Waals surface area contributed by atoms with Gasteiger partial charge < -0.3 is 0 Å². The van der Waals surface area contributed by atoms with Crippen LogP contribution in [0.2, 0.25) is 0 Å². The van der Waals surface area contributed by atoms with Crippen molar-refractivity contribution in [2.75, 3.05) is 14.1 Å². The Kier molecular flexibility index (Phi) is 1.90. The molecule has 1 atom stereocenters. The normalized spacial score (nSPS) is 31.6. The van der Waals surface area contributed by atoms with Gasteiger partial charge in [-0.3, -0.25) is 4.90 Å². The average Bonchev–Trinajstić information content (AvgIpc) is 1.89. The molecule has 0 aromatic rings.